The first-order chi connectivity index (χ1) is 8.32. The maximum atomic E-state index is 12.8. The number of carbonyl (C=O) groups is 1. The highest BCUT2D eigenvalue weighted by Crippen LogP contribution is 2.43. The number of hydrogen-bond acceptors (Lipinski definition) is 2. The number of hydrogen-bond donors (Lipinski definition) is 0. The first-order valence-electron chi connectivity index (χ1n) is 7.26. The van der Waals surface area contributed by atoms with Gasteiger partial charge in [-0.05, 0) is 30.6 Å². The van der Waals surface area contributed by atoms with Crippen molar-refractivity contribution in [2.75, 3.05) is 5.75 Å². The second-order valence-electron chi connectivity index (χ2n) is 7.20. The number of nitrogens with zero attached hydrogens (tertiary/aromatic N) is 1. The van der Waals surface area contributed by atoms with Crippen molar-refractivity contribution in [3.63, 3.8) is 0 Å². The van der Waals surface area contributed by atoms with Crippen LogP contribution in [0.15, 0.2) is 0 Å². The van der Waals surface area contributed by atoms with E-state index in [0.29, 0.717) is 23.2 Å². The first kappa shape index (κ1) is 14.2. The van der Waals surface area contributed by atoms with Crippen LogP contribution in [0.5, 0.6) is 0 Å². The summed E-state index contributed by atoms with van der Waals surface area (Å²) in [4.78, 5) is 15.1. The lowest BCUT2D eigenvalue weighted by Gasteiger charge is -2.38. The Morgan fingerprint density at radius 3 is 2.50 bits per heavy atom. The van der Waals surface area contributed by atoms with Gasteiger partial charge in [-0.25, -0.2) is 0 Å². The summed E-state index contributed by atoms with van der Waals surface area (Å²) < 4.78 is 0. The van der Waals surface area contributed by atoms with Crippen LogP contribution in [0.2, 0.25) is 0 Å². The second-order valence-corrected chi connectivity index (χ2v) is 8.41. The molecular weight excluding hydrogens is 242 g/mol. The zero-order valence-corrected chi connectivity index (χ0v) is 13.2. The van der Waals surface area contributed by atoms with Crippen molar-refractivity contribution >= 4 is 17.7 Å². The van der Waals surface area contributed by atoms with Crippen molar-refractivity contribution in [2.24, 2.45) is 17.3 Å². The van der Waals surface area contributed by atoms with Crippen molar-refractivity contribution in [2.45, 2.75) is 65.3 Å². The molecule has 2 aliphatic heterocycles. The fourth-order valence-corrected chi connectivity index (χ4v) is 5.00. The smallest absolute Gasteiger partial charge is 0.227 e. The van der Waals surface area contributed by atoms with E-state index >= 15 is 0 Å². The highest BCUT2D eigenvalue weighted by atomic mass is 32.2. The molecule has 2 saturated heterocycles. The van der Waals surface area contributed by atoms with Crippen LogP contribution in [-0.2, 0) is 4.79 Å². The Balaban J connectivity index is 2.25. The Hall–Kier alpha value is -0.180. The normalized spacial score (nSPS) is 33.8. The molecule has 0 aromatic carbocycles. The molecule has 0 bridgehead atoms. The molecule has 2 heterocycles. The van der Waals surface area contributed by atoms with Crippen LogP contribution in [0.3, 0.4) is 0 Å². The fraction of sp³-hybridized carbons (Fsp3) is 0.933. The summed E-state index contributed by atoms with van der Waals surface area (Å²) in [6, 6.07) is 0.416. The van der Waals surface area contributed by atoms with Crippen LogP contribution in [0.4, 0.5) is 0 Å². The quantitative estimate of drug-likeness (QED) is 0.722. The van der Waals surface area contributed by atoms with E-state index < -0.39 is 0 Å². The number of carbonyl (C=O) groups excluding carboxylic acids is 1. The number of fused-ring (bicyclic) bond motifs is 1. The molecule has 3 heteroatoms. The molecule has 0 aromatic rings. The third kappa shape index (κ3) is 2.56. The maximum absolute atomic E-state index is 12.8. The molecule has 3 unspecified atom stereocenters. The maximum Gasteiger partial charge on any atom is 0.227 e. The lowest BCUT2D eigenvalue weighted by molar-refractivity contribution is -0.140. The molecule has 0 aliphatic carbocycles. The average Bonchev–Trinajstić information content (AvgIpc) is 2.60. The summed E-state index contributed by atoms with van der Waals surface area (Å²) in [6.45, 7) is 11.2. The van der Waals surface area contributed by atoms with Gasteiger partial charge in [0.15, 0.2) is 0 Å². The molecule has 3 atom stereocenters. The van der Waals surface area contributed by atoms with Gasteiger partial charge in [0.05, 0.1) is 5.37 Å². The van der Waals surface area contributed by atoms with Gasteiger partial charge in [0.1, 0.15) is 0 Å². The number of rotatable bonds is 1. The predicted molar refractivity (Wildman–Crippen MR) is 78.5 cm³/mol. The molecule has 2 nitrogen and oxygen atoms in total. The van der Waals surface area contributed by atoms with Crippen molar-refractivity contribution in [3.8, 4) is 0 Å². The van der Waals surface area contributed by atoms with E-state index in [1.165, 1.54) is 12.8 Å². The minimum absolute atomic E-state index is 0.198. The zero-order valence-electron chi connectivity index (χ0n) is 12.4. The molecule has 0 spiro atoms. The summed E-state index contributed by atoms with van der Waals surface area (Å²) in [5.74, 6) is 2.27. The molecule has 2 aliphatic rings. The van der Waals surface area contributed by atoms with Gasteiger partial charge in [-0.1, -0.05) is 34.6 Å². The van der Waals surface area contributed by atoms with Gasteiger partial charge in [-0.15, -0.1) is 11.8 Å². The van der Waals surface area contributed by atoms with Gasteiger partial charge in [-0.3, -0.25) is 4.79 Å². The molecule has 104 valence electrons. The van der Waals surface area contributed by atoms with Crippen molar-refractivity contribution in [1.82, 2.24) is 4.90 Å². The third-order valence-corrected chi connectivity index (χ3v) is 5.79. The molecule has 2 rings (SSSR count). The molecule has 2 fully saturated rings. The van der Waals surface area contributed by atoms with Crippen molar-refractivity contribution in [1.29, 1.82) is 0 Å². The fourth-order valence-electron chi connectivity index (χ4n) is 3.19. The summed E-state index contributed by atoms with van der Waals surface area (Å²) in [7, 11) is 0. The highest BCUT2D eigenvalue weighted by Gasteiger charge is 2.46. The largest absolute Gasteiger partial charge is 0.326 e. The summed E-state index contributed by atoms with van der Waals surface area (Å²) >= 11 is 2.00. The SMILES string of the molecule is CC(C)C1CCCC2SCC(C(C)(C)C)N2C1=O. The monoisotopic (exact) mass is 269 g/mol. The van der Waals surface area contributed by atoms with E-state index in [1.54, 1.807) is 0 Å². The van der Waals surface area contributed by atoms with Gasteiger partial charge in [-0.2, -0.15) is 0 Å². The van der Waals surface area contributed by atoms with Crippen LogP contribution in [0.25, 0.3) is 0 Å². The Labute approximate surface area is 116 Å². The molecule has 1 amide bonds. The average molecular weight is 269 g/mol. The Morgan fingerprint density at radius 2 is 1.94 bits per heavy atom. The van der Waals surface area contributed by atoms with Crippen LogP contribution < -0.4 is 0 Å². The Kier molecular flexibility index (Phi) is 4.01. The van der Waals surface area contributed by atoms with E-state index in [4.69, 9.17) is 0 Å². The zero-order chi connectivity index (χ0) is 13.5. The molecule has 0 saturated carbocycles. The lowest BCUT2D eigenvalue weighted by Crippen LogP contribution is -2.49. The minimum Gasteiger partial charge on any atom is -0.326 e. The van der Waals surface area contributed by atoms with E-state index in [0.717, 1.165) is 12.2 Å². The highest BCUT2D eigenvalue weighted by molar-refractivity contribution is 8.00. The number of thioether (sulfide) groups is 1. The Morgan fingerprint density at radius 1 is 1.28 bits per heavy atom. The summed E-state index contributed by atoms with van der Waals surface area (Å²) in [6.07, 6.45) is 3.48. The summed E-state index contributed by atoms with van der Waals surface area (Å²) in [5.41, 5.74) is 0.198. The Bertz CT molecular complexity index is 321. The topological polar surface area (TPSA) is 20.3 Å². The molecular formula is C15H27NOS. The summed E-state index contributed by atoms with van der Waals surface area (Å²) in [5, 5.41) is 0.450. The predicted octanol–water partition coefficient (Wildman–Crippen LogP) is 3.76. The van der Waals surface area contributed by atoms with Gasteiger partial charge in [0.2, 0.25) is 5.91 Å². The van der Waals surface area contributed by atoms with Gasteiger partial charge in [0, 0.05) is 17.7 Å². The first-order valence-corrected chi connectivity index (χ1v) is 8.31. The standard InChI is InChI=1S/C15H27NOS/c1-10(2)11-7-6-8-13-16(14(11)17)12(9-18-13)15(3,4)5/h10-13H,6-9H2,1-5H3. The van der Waals surface area contributed by atoms with Crippen LogP contribution in [0.1, 0.15) is 53.9 Å². The lowest BCUT2D eigenvalue weighted by atomic mass is 9.85. The molecule has 0 radical (unpaired) electrons. The van der Waals surface area contributed by atoms with Gasteiger partial charge in [0.25, 0.3) is 0 Å². The van der Waals surface area contributed by atoms with Crippen molar-refractivity contribution in [3.05, 3.63) is 0 Å². The van der Waals surface area contributed by atoms with Crippen LogP contribution in [-0.4, -0.2) is 28.0 Å². The minimum atomic E-state index is 0.198. The number of amides is 1. The molecule has 18 heavy (non-hydrogen) atoms. The van der Waals surface area contributed by atoms with E-state index in [9.17, 15) is 4.79 Å². The molecule has 0 aromatic heterocycles. The molecule has 0 N–H and O–H groups in total. The van der Waals surface area contributed by atoms with E-state index in [2.05, 4.69) is 39.5 Å². The van der Waals surface area contributed by atoms with Crippen LogP contribution in [0, 0.1) is 17.3 Å². The van der Waals surface area contributed by atoms with Crippen molar-refractivity contribution < 1.29 is 4.79 Å². The second kappa shape index (κ2) is 5.07. The van der Waals surface area contributed by atoms with Gasteiger partial charge >= 0.3 is 0 Å². The van der Waals surface area contributed by atoms with Crippen LogP contribution >= 0.6 is 11.8 Å². The van der Waals surface area contributed by atoms with E-state index in [1.807, 2.05) is 11.8 Å². The van der Waals surface area contributed by atoms with Gasteiger partial charge < -0.3 is 4.90 Å². The van der Waals surface area contributed by atoms with E-state index in [-0.39, 0.29) is 11.3 Å². The third-order valence-electron chi connectivity index (χ3n) is 4.43.